The van der Waals surface area contributed by atoms with E-state index in [2.05, 4.69) is 5.32 Å². The lowest BCUT2D eigenvalue weighted by Crippen LogP contribution is -2.34. The van der Waals surface area contributed by atoms with E-state index >= 15 is 0 Å². The third-order valence-electron chi connectivity index (χ3n) is 5.22. The maximum atomic E-state index is 13.4. The SMILES string of the molecule is CCN(Cc1cccc(F)c1)C(=O)Nc1cccc(S(=O)(=O)N2CCCCCC2)c1. The first-order chi connectivity index (χ1) is 14.4. The average Bonchev–Trinajstić information content (AvgIpc) is 3.02. The van der Waals surface area contributed by atoms with Crippen LogP contribution in [0.1, 0.15) is 38.2 Å². The van der Waals surface area contributed by atoms with E-state index in [-0.39, 0.29) is 23.3 Å². The van der Waals surface area contributed by atoms with Crippen LogP contribution >= 0.6 is 0 Å². The van der Waals surface area contributed by atoms with Crippen LogP contribution in [0.15, 0.2) is 53.4 Å². The Bertz CT molecular complexity index is 973. The molecule has 0 saturated carbocycles. The van der Waals surface area contributed by atoms with Crippen molar-refractivity contribution in [2.75, 3.05) is 25.0 Å². The Kier molecular flexibility index (Phi) is 7.44. The largest absolute Gasteiger partial charge is 0.322 e. The number of carbonyl (C=O) groups excluding carboxylic acids is 1. The van der Waals surface area contributed by atoms with E-state index in [0.717, 1.165) is 25.7 Å². The third-order valence-corrected chi connectivity index (χ3v) is 7.11. The highest BCUT2D eigenvalue weighted by Gasteiger charge is 2.25. The van der Waals surface area contributed by atoms with E-state index in [1.807, 2.05) is 6.92 Å². The number of hydrogen-bond acceptors (Lipinski definition) is 3. The van der Waals surface area contributed by atoms with Gasteiger partial charge in [-0.3, -0.25) is 0 Å². The number of rotatable bonds is 6. The van der Waals surface area contributed by atoms with Gasteiger partial charge in [0.2, 0.25) is 10.0 Å². The summed E-state index contributed by atoms with van der Waals surface area (Å²) in [6.45, 7) is 3.56. The molecule has 1 aliphatic rings. The maximum Gasteiger partial charge on any atom is 0.322 e. The number of urea groups is 1. The fourth-order valence-electron chi connectivity index (χ4n) is 3.55. The molecule has 1 N–H and O–H groups in total. The summed E-state index contributed by atoms with van der Waals surface area (Å²) in [4.78, 5) is 14.4. The highest BCUT2D eigenvalue weighted by atomic mass is 32.2. The summed E-state index contributed by atoms with van der Waals surface area (Å²) in [5.41, 5.74) is 1.10. The first-order valence-corrected chi connectivity index (χ1v) is 11.7. The minimum Gasteiger partial charge on any atom is -0.320 e. The number of halogens is 1. The van der Waals surface area contributed by atoms with Gasteiger partial charge in [-0.1, -0.05) is 31.0 Å². The van der Waals surface area contributed by atoms with E-state index < -0.39 is 10.0 Å². The average molecular weight is 434 g/mol. The Balaban J connectivity index is 1.72. The van der Waals surface area contributed by atoms with Gasteiger partial charge in [0, 0.05) is 31.9 Å². The molecule has 2 aromatic rings. The quantitative estimate of drug-likeness (QED) is 0.732. The van der Waals surface area contributed by atoms with Gasteiger partial charge < -0.3 is 10.2 Å². The second-order valence-corrected chi connectivity index (χ2v) is 9.36. The van der Waals surface area contributed by atoms with Crippen molar-refractivity contribution in [2.24, 2.45) is 0 Å². The number of anilines is 1. The van der Waals surface area contributed by atoms with Crippen molar-refractivity contribution in [1.29, 1.82) is 0 Å². The molecule has 1 saturated heterocycles. The molecule has 2 amide bonds. The molecule has 0 aliphatic carbocycles. The molecule has 2 aromatic carbocycles. The first kappa shape index (κ1) is 22.2. The number of carbonyl (C=O) groups is 1. The van der Waals surface area contributed by atoms with E-state index in [1.54, 1.807) is 30.3 Å². The van der Waals surface area contributed by atoms with Gasteiger partial charge in [0.1, 0.15) is 5.82 Å². The topological polar surface area (TPSA) is 69.7 Å². The first-order valence-electron chi connectivity index (χ1n) is 10.3. The fraction of sp³-hybridized carbons (Fsp3) is 0.409. The fourth-order valence-corrected chi connectivity index (χ4v) is 5.11. The van der Waals surface area contributed by atoms with Crippen molar-refractivity contribution in [3.63, 3.8) is 0 Å². The molecule has 162 valence electrons. The van der Waals surface area contributed by atoms with E-state index in [4.69, 9.17) is 0 Å². The zero-order chi connectivity index (χ0) is 21.6. The van der Waals surface area contributed by atoms with Gasteiger partial charge in [0.25, 0.3) is 0 Å². The van der Waals surface area contributed by atoms with Crippen LogP contribution in [0.4, 0.5) is 14.9 Å². The summed E-state index contributed by atoms with van der Waals surface area (Å²) in [5, 5.41) is 2.77. The molecule has 1 fully saturated rings. The van der Waals surface area contributed by atoms with Crippen molar-refractivity contribution in [3.05, 3.63) is 59.9 Å². The van der Waals surface area contributed by atoms with Crippen LogP contribution in [0, 0.1) is 5.82 Å². The molecule has 0 unspecified atom stereocenters. The molecule has 1 heterocycles. The summed E-state index contributed by atoms with van der Waals surface area (Å²) in [6, 6.07) is 12.1. The van der Waals surface area contributed by atoms with Gasteiger partial charge in [-0.25, -0.2) is 17.6 Å². The van der Waals surface area contributed by atoms with Crippen molar-refractivity contribution < 1.29 is 17.6 Å². The molecule has 1 aliphatic heterocycles. The summed E-state index contributed by atoms with van der Waals surface area (Å²) in [6.07, 6.45) is 3.81. The van der Waals surface area contributed by atoms with Gasteiger partial charge in [0.15, 0.2) is 0 Å². The van der Waals surface area contributed by atoms with Crippen LogP contribution in [-0.2, 0) is 16.6 Å². The van der Waals surface area contributed by atoms with Crippen molar-refractivity contribution in [1.82, 2.24) is 9.21 Å². The van der Waals surface area contributed by atoms with Crippen LogP contribution in [0.3, 0.4) is 0 Å². The predicted octanol–water partition coefficient (Wildman–Crippen LogP) is 4.44. The number of nitrogens with one attached hydrogen (secondary N) is 1. The highest BCUT2D eigenvalue weighted by molar-refractivity contribution is 7.89. The second kappa shape index (κ2) is 10.0. The molecule has 0 radical (unpaired) electrons. The molecular weight excluding hydrogens is 405 g/mol. The monoisotopic (exact) mass is 433 g/mol. The molecule has 0 atom stereocenters. The Labute approximate surface area is 177 Å². The highest BCUT2D eigenvalue weighted by Crippen LogP contribution is 2.23. The van der Waals surface area contributed by atoms with Crippen LogP contribution in [0.2, 0.25) is 0 Å². The zero-order valence-electron chi connectivity index (χ0n) is 17.2. The lowest BCUT2D eigenvalue weighted by Gasteiger charge is -2.22. The molecule has 30 heavy (non-hydrogen) atoms. The number of nitrogens with zero attached hydrogens (tertiary/aromatic N) is 2. The molecule has 6 nitrogen and oxygen atoms in total. The van der Waals surface area contributed by atoms with E-state index in [1.165, 1.54) is 27.4 Å². The van der Waals surface area contributed by atoms with Crippen LogP contribution in [0.25, 0.3) is 0 Å². The molecule has 0 bridgehead atoms. The summed E-state index contributed by atoms with van der Waals surface area (Å²) in [7, 11) is -3.60. The normalized spacial score (nSPS) is 15.4. The van der Waals surface area contributed by atoms with Crippen molar-refractivity contribution in [3.8, 4) is 0 Å². The molecule has 3 rings (SSSR count). The lowest BCUT2D eigenvalue weighted by molar-refractivity contribution is 0.212. The maximum absolute atomic E-state index is 13.4. The van der Waals surface area contributed by atoms with Gasteiger partial charge in [-0.2, -0.15) is 4.31 Å². The number of hydrogen-bond donors (Lipinski definition) is 1. The molecule has 8 heteroatoms. The second-order valence-electron chi connectivity index (χ2n) is 7.42. The minimum atomic E-state index is -3.60. The number of benzene rings is 2. The van der Waals surface area contributed by atoms with Gasteiger partial charge >= 0.3 is 6.03 Å². The molecule has 0 spiro atoms. The van der Waals surface area contributed by atoms with Crippen LogP contribution < -0.4 is 5.32 Å². The van der Waals surface area contributed by atoms with Gasteiger partial charge in [-0.15, -0.1) is 0 Å². The lowest BCUT2D eigenvalue weighted by atomic mass is 10.2. The van der Waals surface area contributed by atoms with Crippen LogP contribution in [0.5, 0.6) is 0 Å². The van der Waals surface area contributed by atoms with E-state index in [9.17, 15) is 17.6 Å². The van der Waals surface area contributed by atoms with Gasteiger partial charge in [-0.05, 0) is 55.7 Å². The standard InChI is InChI=1S/C22H28FN3O3S/c1-2-25(17-18-9-7-10-19(23)15-18)22(27)24-20-11-8-12-21(16-20)30(28,29)26-13-5-3-4-6-14-26/h7-12,15-16H,2-6,13-14,17H2,1H3,(H,24,27). The Morgan fingerprint density at radius 1 is 1.07 bits per heavy atom. The molecular formula is C22H28FN3O3S. The summed E-state index contributed by atoms with van der Waals surface area (Å²) in [5.74, 6) is -0.351. The summed E-state index contributed by atoms with van der Waals surface area (Å²) >= 11 is 0. The van der Waals surface area contributed by atoms with Crippen molar-refractivity contribution >= 4 is 21.7 Å². The van der Waals surface area contributed by atoms with Crippen LogP contribution in [-0.4, -0.2) is 43.3 Å². The van der Waals surface area contributed by atoms with E-state index in [0.29, 0.717) is 30.9 Å². The number of sulfonamides is 1. The van der Waals surface area contributed by atoms with Crippen molar-refractivity contribution in [2.45, 2.75) is 44.0 Å². The minimum absolute atomic E-state index is 0.176. The molecule has 0 aromatic heterocycles. The zero-order valence-corrected chi connectivity index (χ0v) is 18.0. The Morgan fingerprint density at radius 2 is 1.77 bits per heavy atom. The number of amides is 2. The predicted molar refractivity (Wildman–Crippen MR) is 115 cm³/mol. The smallest absolute Gasteiger partial charge is 0.320 e. The van der Waals surface area contributed by atoms with Gasteiger partial charge in [0.05, 0.1) is 4.90 Å². The third kappa shape index (κ3) is 5.58. The summed E-state index contributed by atoms with van der Waals surface area (Å²) < 4.78 is 41.0. The Morgan fingerprint density at radius 3 is 2.43 bits per heavy atom. The Hall–Kier alpha value is -2.45.